The number of nitrogens with zero attached hydrogens (tertiary/aromatic N) is 6. The van der Waals surface area contributed by atoms with Gasteiger partial charge in [0.05, 0.1) is 23.6 Å². The molecule has 8 nitrogen and oxygen atoms in total. The molecule has 2 atom stereocenters. The summed E-state index contributed by atoms with van der Waals surface area (Å²) in [6, 6.07) is 10.0. The SMILES string of the molecule is Cc1cc(-c2ccc(N3CCCCC3)cc2)c(Cl)c2nn(C(C(=N)Nc3nccs3)c3ncn4c3C[C@@H](F)C4)cc12. The largest absolute Gasteiger partial charge is 0.372 e. The minimum atomic E-state index is -0.967. The number of benzene rings is 2. The summed E-state index contributed by atoms with van der Waals surface area (Å²) in [5.74, 6) is 0.152. The number of anilines is 2. The number of amidine groups is 1. The average molecular weight is 589 g/mol. The van der Waals surface area contributed by atoms with Crippen molar-refractivity contribution in [3.63, 3.8) is 0 Å². The molecule has 2 aliphatic rings. The summed E-state index contributed by atoms with van der Waals surface area (Å²) in [6.45, 7) is 4.52. The summed E-state index contributed by atoms with van der Waals surface area (Å²) in [7, 11) is 0. The van der Waals surface area contributed by atoms with Crippen molar-refractivity contribution >= 4 is 50.5 Å². The molecule has 5 heterocycles. The van der Waals surface area contributed by atoms with E-state index in [4.69, 9.17) is 22.1 Å². The summed E-state index contributed by atoms with van der Waals surface area (Å²) in [4.78, 5) is 11.3. The molecular weight excluding hydrogens is 559 g/mol. The molecule has 210 valence electrons. The molecule has 2 aromatic carbocycles. The highest BCUT2D eigenvalue weighted by molar-refractivity contribution is 7.13. The first-order valence-electron chi connectivity index (χ1n) is 13.9. The number of aryl methyl sites for hydroxylation is 1. The van der Waals surface area contributed by atoms with Crippen molar-refractivity contribution in [3.05, 3.63) is 76.4 Å². The molecule has 2 N–H and O–H groups in total. The molecule has 0 spiro atoms. The average Bonchev–Trinajstić information content (AvgIpc) is 3.78. The van der Waals surface area contributed by atoms with Gasteiger partial charge in [-0.25, -0.2) is 14.4 Å². The third-order valence-electron chi connectivity index (χ3n) is 8.12. The number of aromatic nitrogens is 5. The molecule has 1 fully saturated rings. The summed E-state index contributed by atoms with van der Waals surface area (Å²) in [5, 5.41) is 21.0. The second-order valence-electron chi connectivity index (χ2n) is 10.8. The van der Waals surface area contributed by atoms with E-state index in [1.807, 2.05) is 23.1 Å². The van der Waals surface area contributed by atoms with Gasteiger partial charge in [0, 0.05) is 59.6 Å². The van der Waals surface area contributed by atoms with E-state index in [9.17, 15) is 4.39 Å². The number of alkyl halides is 1. The number of halogens is 2. The van der Waals surface area contributed by atoms with E-state index in [2.05, 4.69) is 50.5 Å². The van der Waals surface area contributed by atoms with Gasteiger partial charge in [-0.2, -0.15) is 5.10 Å². The molecule has 1 unspecified atom stereocenters. The molecule has 0 amide bonds. The van der Waals surface area contributed by atoms with E-state index in [1.54, 1.807) is 17.2 Å². The Labute approximate surface area is 246 Å². The predicted molar refractivity (Wildman–Crippen MR) is 163 cm³/mol. The van der Waals surface area contributed by atoms with Crippen LogP contribution in [0.15, 0.2) is 54.4 Å². The van der Waals surface area contributed by atoms with E-state index >= 15 is 0 Å². The number of piperidine rings is 1. The minimum absolute atomic E-state index is 0.152. The topological polar surface area (TPSA) is 87.7 Å². The third-order valence-corrected chi connectivity index (χ3v) is 9.19. The van der Waals surface area contributed by atoms with Gasteiger partial charge in [0.1, 0.15) is 17.5 Å². The van der Waals surface area contributed by atoms with E-state index < -0.39 is 12.2 Å². The zero-order valence-electron chi connectivity index (χ0n) is 22.6. The lowest BCUT2D eigenvalue weighted by Crippen LogP contribution is -2.29. The van der Waals surface area contributed by atoms with Crippen molar-refractivity contribution in [1.82, 2.24) is 24.3 Å². The lowest BCUT2D eigenvalue weighted by atomic mass is 10.00. The number of fused-ring (bicyclic) bond motifs is 2. The predicted octanol–water partition coefficient (Wildman–Crippen LogP) is 6.88. The Balaban J connectivity index is 1.28. The zero-order chi connectivity index (χ0) is 28.1. The maximum absolute atomic E-state index is 14.3. The maximum atomic E-state index is 14.3. The van der Waals surface area contributed by atoms with Crippen molar-refractivity contribution in [3.8, 4) is 11.1 Å². The van der Waals surface area contributed by atoms with Crippen LogP contribution in [0, 0.1) is 12.3 Å². The first-order chi connectivity index (χ1) is 20.0. The molecule has 0 radical (unpaired) electrons. The first-order valence-corrected chi connectivity index (χ1v) is 15.2. The number of nitrogens with one attached hydrogen (secondary N) is 2. The van der Waals surface area contributed by atoms with Crippen LogP contribution in [-0.2, 0) is 13.0 Å². The molecular formula is C30H30ClFN8S. The number of hydrogen-bond acceptors (Lipinski definition) is 6. The fourth-order valence-corrected chi connectivity index (χ4v) is 6.90. The number of hydrogen-bond donors (Lipinski definition) is 2. The van der Waals surface area contributed by atoms with Crippen LogP contribution in [0.2, 0.25) is 5.02 Å². The van der Waals surface area contributed by atoms with Crippen LogP contribution in [0.1, 0.15) is 42.3 Å². The van der Waals surface area contributed by atoms with Crippen LogP contribution in [0.4, 0.5) is 15.2 Å². The Kier molecular flexibility index (Phi) is 6.75. The van der Waals surface area contributed by atoms with E-state index in [1.165, 1.54) is 36.3 Å². The number of rotatable bonds is 6. The lowest BCUT2D eigenvalue weighted by Gasteiger charge is -2.28. The van der Waals surface area contributed by atoms with Gasteiger partial charge in [0.2, 0.25) is 0 Å². The lowest BCUT2D eigenvalue weighted by molar-refractivity contribution is 0.328. The summed E-state index contributed by atoms with van der Waals surface area (Å²) < 4.78 is 17.9. The van der Waals surface area contributed by atoms with Crippen molar-refractivity contribution in [2.75, 3.05) is 23.3 Å². The van der Waals surface area contributed by atoms with Gasteiger partial charge in [0.15, 0.2) is 11.2 Å². The molecule has 41 heavy (non-hydrogen) atoms. The van der Waals surface area contributed by atoms with Crippen LogP contribution in [0.25, 0.3) is 22.0 Å². The standard InChI is InChI=1S/C30H30ClFN8S/c1-18-13-22(19-5-7-21(8-6-19)38-10-3-2-4-11-38)25(31)26-23(18)16-40(37-26)28(29(33)36-30-34-9-12-41-30)27-24-14-20(32)15-39(24)17-35-27/h5-9,12-13,16-17,20,28H,2-4,10-11,14-15H2,1H3,(H2,33,34,36)/t20-,28?/m1/s1. The van der Waals surface area contributed by atoms with E-state index in [0.29, 0.717) is 21.4 Å². The van der Waals surface area contributed by atoms with Gasteiger partial charge >= 0.3 is 0 Å². The number of imidazole rings is 1. The molecule has 1 saturated heterocycles. The molecule has 5 aromatic rings. The van der Waals surface area contributed by atoms with Gasteiger partial charge in [0.25, 0.3) is 0 Å². The molecule has 0 saturated carbocycles. The quantitative estimate of drug-likeness (QED) is 0.167. The smallest absolute Gasteiger partial charge is 0.188 e. The first kappa shape index (κ1) is 26.2. The second-order valence-corrected chi connectivity index (χ2v) is 12.1. The zero-order valence-corrected chi connectivity index (χ0v) is 24.2. The van der Waals surface area contributed by atoms with Gasteiger partial charge in [-0.1, -0.05) is 23.7 Å². The Morgan fingerprint density at radius 3 is 2.73 bits per heavy atom. The Morgan fingerprint density at radius 1 is 1.17 bits per heavy atom. The summed E-state index contributed by atoms with van der Waals surface area (Å²) >= 11 is 8.46. The van der Waals surface area contributed by atoms with E-state index in [0.717, 1.165) is 40.9 Å². The highest BCUT2D eigenvalue weighted by Crippen LogP contribution is 2.38. The van der Waals surface area contributed by atoms with Crippen molar-refractivity contribution in [1.29, 1.82) is 5.41 Å². The van der Waals surface area contributed by atoms with Crippen LogP contribution < -0.4 is 10.2 Å². The van der Waals surface area contributed by atoms with Crippen molar-refractivity contribution in [2.24, 2.45) is 0 Å². The summed E-state index contributed by atoms with van der Waals surface area (Å²) in [6.07, 6.45) is 8.32. The van der Waals surface area contributed by atoms with Crippen molar-refractivity contribution < 1.29 is 4.39 Å². The summed E-state index contributed by atoms with van der Waals surface area (Å²) in [5.41, 5.74) is 6.27. The van der Waals surface area contributed by atoms with Gasteiger partial charge in [-0.05, 0) is 55.5 Å². The molecule has 0 bridgehead atoms. The number of thiazole rings is 1. The second kappa shape index (κ2) is 10.6. The van der Waals surface area contributed by atoms with Crippen LogP contribution >= 0.6 is 22.9 Å². The van der Waals surface area contributed by atoms with Gasteiger partial charge in [-0.15, -0.1) is 11.3 Å². The third kappa shape index (κ3) is 4.78. The normalized spacial score (nSPS) is 17.6. The van der Waals surface area contributed by atoms with Crippen LogP contribution in [0.5, 0.6) is 0 Å². The molecule has 3 aromatic heterocycles. The molecule has 2 aliphatic heterocycles. The fourth-order valence-electron chi connectivity index (χ4n) is 6.06. The van der Waals surface area contributed by atoms with Crippen LogP contribution in [-0.4, -0.2) is 49.4 Å². The molecule has 0 aliphatic carbocycles. The van der Waals surface area contributed by atoms with Gasteiger partial charge in [-0.3, -0.25) is 10.1 Å². The highest BCUT2D eigenvalue weighted by atomic mass is 35.5. The molecule has 7 rings (SSSR count). The van der Waals surface area contributed by atoms with Crippen molar-refractivity contribution in [2.45, 2.75) is 51.4 Å². The van der Waals surface area contributed by atoms with Crippen LogP contribution in [0.3, 0.4) is 0 Å². The maximum Gasteiger partial charge on any atom is 0.188 e. The van der Waals surface area contributed by atoms with E-state index in [-0.39, 0.29) is 18.8 Å². The fraction of sp³-hybridized carbons (Fsp3) is 0.333. The monoisotopic (exact) mass is 588 g/mol. The highest BCUT2D eigenvalue weighted by Gasteiger charge is 2.33. The Morgan fingerprint density at radius 2 is 1.98 bits per heavy atom. The van der Waals surface area contributed by atoms with Gasteiger partial charge < -0.3 is 14.8 Å². The minimum Gasteiger partial charge on any atom is -0.372 e. The molecule has 11 heteroatoms. The Hall–Kier alpha value is -3.76. The Bertz CT molecular complexity index is 1720.